The van der Waals surface area contributed by atoms with E-state index in [2.05, 4.69) is 10.1 Å². The molecular weight excluding hydrogens is 244 g/mol. The first-order valence-electron chi connectivity index (χ1n) is 6.26. The maximum atomic E-state index is 11.3. The van der Waals surface area contributed by atoms with Gasteiger partial charge in [0, 0.05) is 6.04 Å². The monoisotopic (exact) mass is 264 g/mol. The zero-order valence-electron chi connectivity index (χ0n) is 11.1. The second-order valence-electron chi connectivity index (χ2n) is 4.27. The third-order valence-electron chi connectivity index (χ3n) is 2.82. The van der Waals surface area contributed by atoms with E-state index in [0.29, 0.717) is 6.42 Å². The van der Waals surface area contributed by atoms with E-state index in [1.807, 2.05) is 30.3 Å². The number of benzene rings is 1. The highest BCUT2D eigenvalue weighted by Crippen LogP contribution is 2.08. The van der Waals surface area contributed by atoms with Crippen LogP contribution in [0.25, 0.3) is 0 Å². The van der Waals surface area contributed by atoms with E-state index in [1.165, 1.54) is 12.7 Å². The predicted molar refractivity (Wildman–Crippen MR) is 72.4 cm³/mol. The van der Waals surface area contributed by atoms with Crippen LogP contribution in [0.15, 0.2) is 30.3 Å². The van der Waals surface area contributed by atoms with Crippen LogP contribution in [0.4, 0.5) is 0 Å². The van der Waals surface area contributed by atoms with E-state index >= 15 is 0 Å². The Hall–Kier alpha value is -1.88. The first-order valence-corrected chi connectivity index (χ1v) is 6.26. The van der Waals surface area contributed by atoms with Crippen LogP contribution in [-0.4, -0.2) is 31.6 Å². The van der Waals surface area contributed by atoms with E-state index in [-0.39, 0.29) is 30.9 Å². The van der Waals surface area contributed by atoms with Crippen molar-refractivity contribution in [3.63, 3.8) is 0 Å². The van der Waals surface area contributed by atoms with Crippen LogP contribution in [0.5, 0.6) is 0 Å². The minimum absolute atomic E-state index is 0.0803. The largest absolute Gasteiger partial charge is 0.469 e. The molecular formula is C14H20N2O3. The standard InChI is InChI=1S/C14H20N2O3/c1-19-14(18)9-12(16-13(17)10-15)8-7-11-5-3-2-4-6-11/h2-6,12H,7-10,15H2,1H3,(H,16,17). The Bertz CT molecular complexity index is 388. The SMILES string of the molecule is COC(=O)CC(CCc1ccccc1)NC(=O)CN. The number of carbonyl (C=O) groups is 2. The van der Waals surface area contributed by atoms with Crippen molar-refractivity contribution in [2.75, 3.05) is 13.7 Å². The van der Waals surface area contributed by atoms with Gasteiger partial charge in [0.25, 0.3) is 0 Å². The first-order chi connectivity index (χ1) is 9.15. The van der Waals surface area contributed by atoms with Gasteiger partial charge < -0.3 is 15.8 Å². The number of methoxy groups -OCH3 is 1. The lowest BCUT2D eigenvalue weighted by Crippen LogP contribution is -2.40. The van der Waals surface area contributed by atoms with Gasteiger partial charge >= 0.3 is 5.97 Å². The number of rotatable bonds is 7. The molecule has 5 heteroatoms. The lowest BCUT2D eigenvalue weighted by atomic mass is 10.0. The highest BCUT2D eigenvalue weighted by atomic mass is 16.5. The van der Waals surface area contributed by atoms with Crippen LogP contribution in [0.2, 0.25) is 0 Å². The number of esters is 1. The first kappa shape index (κ1) is 15.2. The Morgan fingerprint density at radius 3 is 2.58 bits per heavy atom. The Morgan fingerprint density at radius 1 is 1.32 bits per heavy atom. The van der Waals surface area contributed by atoms with Crippen molar-refractivity contribution in [3.05, 3.63) is 35.9 Å². The molecule has 104 valence electrons. The van der Waals surface area contributed by atoms with Gasteiger partial charge in [-0.25, -0.2) is 0 Å². The molecule has 1 aromatic rings. The molecule has 0 spiro atoms. The molecule has 0 aliphatic rings. The van der Waals surface area contributed by atoms with Crippen molar-refractivity contribution in [2.24, 2.45) is 5.73 Å². The van der Waals surface area contributed by atoms with E-state index < -0.39 is 0 Å². The number of ether oxygens (including phenoxy) is 1. The number of carbonyl (C=O) groups excluding carboxylic acids is 2. The molecule has 0 bridgehead atoms. The molecule has 0 heterocycles. The maximum absolute atomic E-state index is 11.3. The van der Waals surface area contributed by atoms with Crippen LogP contribution in [0, 0.1) is 0 Å². The second kappa shape index (κ2) is 8.26. The molecule has 0 saturated heterocycles. The third kappa shape index (κ3) is 6.01. The summed E-state index contributed by atoms with van der Waals surface area (Å²) in [5.74, 6) is -0.600. The minimum atomic E-state index is -0.338. The van der Waals surface area contributed by atoms with Crippen molar-refractivity contribution in [1.82, 2.24) is 5.32 Å². The number of nitrogens with one attached hydrogen (secondary N) is 1. The third-order valence-corrected chi connectivity index (χ3v) is 2.82. The maximum Gasteiger partial charge on any atom is 0.307 e. The van der Waals surface area contributed by atoms with E-state index in [4.69, 9.17) is 5.73 Å². The van der Waals surface area contributed by atoms with Gasteiger partial charge in [0.05, 0.1) is 20.1 Å². The number of aryl methyl sites for hydroxylation is 1. The van der Waals surface area contributed by atoms with Crippen LogP contribution >= 0.6 is 0 Å². The molecule has 0 aromatic heterocycles. The molecule has 0 saturated carbocycles. The highest BCUT2D eigenvalue weighted by molar-refractivity contribution is 5.79. The number of nitrogens with two attached hydrogens (primary N) is 1. The fourth-order valence-electron chi connectivity index (χ4n) is 1.78. The summed E-state index contributed by atoms with van der Waals surface area (Å²) in [7, 11) is 1.33. The Morgan fingerprint density at radius 2 is 2.00 bits per heavy atom. The zero-order chi connectivity index (χ0) is 14.1. The van der Waals surface area contributed by atoms with Gasteiger partial charge in [0.2, 0.25) is 5.91 Å². The molecule has 1 unspecified atom stereocenters. The molecule has 5 nitrogen and oxygen atoms in total. The molecule has 0 radical (unpaired) electrons. The van der Waals surface area contributed by atoms with Crippen LogP contribution in [0.3, 0.4) is 0 Å². The quantitative estimate of drug-likeness (QED) is 0.708. The van der Waals surface area contributed by atoms with Crippen molar-refractivity contribution < 1.29 is 14.3 Å². The van der Waals surface area contributed by atoms with Crippen LogP contribution in [0.1, 0.15) is 18.4 Å². The fourth-order valence-corrected chi connectivity index (χ4v) is 1.78. The summed E-state index contributed by atoms with van der Waals surface area (Å²) in [6.07, 6.45) is 1.62. The van der Waals surface area contributed by atoms with E-state index in [9.17, 15) is 9.59 Å². The smallest absolute Gasteiger partial charge is 0.307 e. The summed E-state index contributed by atoms with van der Waals surface area (Å²) in [5.41, 5.74) is 6.43. The number of hydrogen-bond donors (Lipinski definition) is 2. The van der Waals surface area contributed by atoms with E-state index in [1.54, 1.807) is 0 Å². The molecule has 3 N–H and O–H groups in total. The molecule has 1 atom stereocenters. The molecule has 0 aliphatic carbocycles. The average Bonchev–Trinajstić information content (AvgIpc) is 2.45. The lowest BCUT2D eigenvalue weighted by Gasteiger charge is -2.17. The van der Waals surface area contributed by atoms with Gasteiger partial charge in [-0.2, -0.15) is 0 Å². The summed E-state index contributed by atoms with van der Waals surface area (Å²) in [5, 5.41) is 2.74. The summed E-state index contributed by atoms with van der Waals surface area (Å²) in [6, 6.07) is 9.65. The summed E-state index contributed by atoms with van der Waals surface area (Å²) < 4.78 is 4.63. The van der Waals surface area contributed by atoms with Crippen molar-refractivity contribution >= 4 is 11.9 Å². The summed E-state index contributed by atoms with van der Waals surface area (Å²) in [6.45, 7) is -0.0803. The summed E-state index contributed by atoms with van der Waals surface area (Å²) >= 11 is 0. The molecule has 0 aliphatic heterocycles. The highest BCUT2D eigenvalue weighted by Gasteiger charge is 2.16. The topological polar surface area (TPSA) is 81.4 Å². The van der Waals surface area contributed by atoms with Crippen molar-refractivity contribution in [1.29, 1.82) is 0 Å². The van der Waals surface area contributed by atoms with Crippen molar-refractivity contribution in [3.8, 4) is 0 Å². The number of hydrogen-bond acceptors (Lipinski definition) is 4. The average molecular weight is 264 g/mol. The van der Waals surface area contributed by atoms with Crippen molar-refractivity contribution in [2.45, 2.75) is 25.3 Å². The molecule has 1 aromatic carbocycles. The van der Waals surface area contributed by atoms with Gasteiger partial charge in [-0.15, -0.1) is 0 Å². The second-order valence-corrected chi connectivity index (χ2v) is 4.27. The molecule has 1 amide bonds. The number of amides is 1. The summed E-state index contributed by atoms with van der Waals surface area (Å²) in [4.78, 5) is 22.6. The van der Waals surface area contributed by atoms with Gasteiger partial charge in [-0.3, -0.25) is 9.59 Å². The normalized spacial score (nSPS) is 11.7. The molecule has 0 fully saturated rings. The molecule has 1 rings (SSSR count). The van der Waals surface area contributed by atoms with E-state index in [0.717, 1.165) is 6.42 Å². The molecule has 19 heavy (non-hydrogen) atoms. The van der Waals surface area contributed by atoms with Crippen LogP contribution in [-0.2, 0) is 20.7 Å². The van der Waals surface area contributed by atoms with Gasteiger partial charge in [0.15, 0.2) is 0 Å². The Kier molecular flexibility index (Phi) is 6.60. The van der Waals surface area contributed by atoms with Gasteiger partial charge in [0.1, 0.15) is 0 Å². The van der Waals surface area contributed by atoms with Gasteiger partial charge in [-0.05, 0) is 18.4 Å². The fraction of sp³-hybridized carbons (Fsp3) is 0.429. The van der Waals surface area contributed by atoms with Gasteiger partial charge in [-0.1, -0.05) is 30.3 Å². The minimum Gasteiger partial charge on any atom is -0.469 e. The zero-order valence-corrected chi connectivity index (χ0v) is 11.1. The predicted octanol–water partition coefficient (Wildman–Crippen LogP) is 0.626. The Balaban J connectivity index is 2.53. The van der Waals surface area contributed by atoms with Crippen LogP contribution < -0.4 is 11.1 Å². The Labute approximate surface area is 113 Å². The lowest BCUT2D eigenvalue weighted by molar-refractivity contribution is -0.141.